The third-order valence-electron chi connectivity index (χ3n) is 8.32. The molecule has 5 saturated carbocycles. The highest BCUT2D eigenvalue weighted by Gasteiger charge is 2.76. The first-order valence-corrected chi connectivity index (χ1v) is 9.43. The van der Waals surface area contributed by atoms with Crippen molar-refractivity contribution in [1.82, 2.24) is 0 Å². The maximum Gasteiger partial charge on any atom is 0.313 e. The van der Waals surface area contributed by atoms with Crippen LogP contribution in [0.4, 0.5) is 0 Å². The molecule has 3 unspecified atom stereocenters. The minimum atomic E-state index is -1.10. The van der Waals surface area contributed by atoms with Gasteiger partial charge in [0, 0.05) is 11.3 Å². The molecule has 0 amide bonds. The topological polar surface area (TPSA) is 60.4 Å². The van der Waals surface area contributed by atoms with E-state index < -0.39 is 10.8 Å². The first-order chi connectivity index (χ1) is 11.8. The van der Waals surface area contributed by atoms with Crippen molar-refractivity contribution in [3.63, 3.8) is 0 Å². The van der Waals surface area contributed by atoms with E-state index in [1.54, 1.807) is 0 Å². The number of Topliss-reactive ketones (excluding diaryl/α,β-unsaturated/α-hetero) is 2. The van der Waals surface area contributed by atoms with Crippen LogP contribution >= 0.6 is 0 Å². The monoisotopic (exact) mass is 340 g/mol. The van der Waals surface area contributed by atoms with Crippen molar-refractivity contribution in [3.8, 4) is 0 Å². The molecule has 1 spiro atoms. The van der Waals surface area contributed by atoms with Crippen molar-refractivity contribution in [2.45, 2.75) is 45.4 Å². The van der Waals surface area contributed by atoms with E-state index in [0.717, 1.165) is 19.3 Å². The molecule has 132 valence electrons. The molecule has 4 bridgehead atoms. The molecule has 0 aromatic heterocycles. The van der Waals surface area contributed by atoms with Crippen LogP contribution in [0.25, 0.3) is 0 Å². The lowest BCUT2D eigenvalue weighted by Gasteiger charge is -2.67. The van der Waals surface area contributed by atoms with E-state index in [-0.39, 0.29) is 40.7 Å². The number of hydrogen-bond acceptors (Lipinski definition) is 4. The van der Waals surface area contributed by atoms with Crippen molar-refractivity contribution < 1.29 is 19.1 Å². The van der Waals surface area contributed by atoms with E-state index >= 15 is 0 Å². The first kappa shape index (κ1) is 15.5. The van der Waals surface area contributed by atoms with Crippen molar-refractivity contribution in [1.29, 1.82) is 0 Å². The molecule has 6 aliphatic rings. The fourth-order valence-corrected chi connectivity index (χ4v) is 7.37. The molecular weight excluding hydrogens is 316 g/mol. The van der Waals surface area contributed by atoms with Crippen LogP contribution in [0.3, 0.4) is 0 Å². The summed E-state index contributed by atoms with van der Waals surface area (Å²) in [5, 5.41) is 0. The number of hydrogen-bond donors (Lipinski definition) is 0. The highest BCUT2D eigenvalue weighted by Crippen LogP contribution is 2.72. The van der Waals surface area contributed by atoms with Crippen LogP contribution < -0.4 is 0 Å². The van der Waals surface area contributed by atoms with Crippen LogP contribution in [-0.2, 0) is 19.1 Å². The second-order valence-electron chi connectivity index (χ2n) is 9.26. The van der Waals surface area contributed by atoms with Crippen molar-refractivity contribution in [2.24, 2.45) is 34.0 Å². The number of carbonyl (C=O) groups excluding carboxylic acids is 3. The first-order valence-electron chi connectivity index (χ1n) is 9.43. The van der Waals surface area contributed by atoms with Gasteiger partial charge in [0.05, 0.1) is 17.4 Å². The molecule has 6 rings (SSSR count). The van der Waals surface area contributed by atoms with E-state index in [0.29, 0.717) is 37.0 Å². The summed E-state index contributed by atoms with van der Waals surface area (Å²) in [5.41, 5.74) is -1.01. The van der Waals surface area contributed by atoms with E-state index in [1.807, 2.05) is 0 Å². The number of allylic oxidation sites excluding steroid dienone is 2. The van der Waals surface area contributed by atoms with Crippen molar-refractivity contribution in [3.05, 3.63) is 24.3 Å². The van der Waals surface area contributed by atoms with Gasteiger partial charge in [-0.1, -0.05) is 26.5 Å². The van der Waals surface area contributed by atoms with Crippen LogP contribution in [0.1, 0.15) is 45.4 Å². The maximum absolute atomic E-state index is 13.5. The van der Waals surface area contributed by atoms with Gasteiger partial charge in [-0.15, -0.1) is 0 Å². The lowest BCUT2D eigenvalue weighted by atomic mass is 9.34. The van der Waals surface area contributed by atoms with Crippen LogP contribution in [0.5, 0.6) is 0 Å². The number of ketones is 2. The third kappa shape index (κ3) is 1.42. The largest absolute Gasteiger partial charge is 0.465 e. The van der Waals surface area contributed by atoms with Gasteiger partial charge < -0.3 is 4.74 Å². The van der Waals surface area contributed by atoms with Crippen molar-refractivity contribution >= 4 is 17.5 Å². The summed E-state index contributed by atoms with van der Waals surface area (Å²) in [6.45, 7) is 10.6. The molecular formula is C21H24O4. The van der Waals surface area contributed by atoms with Gasteiger partial charge in [-0.2, -0.15) is 0 Å². The summed E-state index contributed by atoms with van der Waals surface area (Å²) in [4.78, 5) is 39.9. The Labute approximate surface area is 147 Å². The Morgan fingerprint density at radius 2 is 1.76 bits per heavy atom. The molecule has 1 aliphatic heterocycles. The highest BCUT2D eigenvalue weighted by atomic mass is 16.5. The summed E-state index contributed by atoms with van der Waals surface area (Å²) in [6.07, 6.45) is 4.64. The number of ether oxygens (including phenoxy) is 1. The minimum absolute atomic E-state index is 0.106. The third-order valence-corrected chi connectivity index (χ3v) is 8.32. The Morgan fingerprint density at radius 1 is 1.04 bits per heavy atom. The number of fused-ring (bicyclic) bond motifs is 2. The molecule has 0 N–H and O–H groups in total. The van der Waals surface area contributed by atoms with Crippen LogP contribution in [0.15, 0.2) is 24.3 Å². The summed E-state index contributed by atoms with van der Waals surface area (Å²) in [5.74, 6) is -0.740. The Morgan fingerprint density at radius 3 is 2.52 bits per heavy atom. The van der Waals surface area contributed by atoms with Gasteiger partial charge in [0.2, 0.25) is 0 Å². The van der Waals surface area contributed by atoms with Crippen LogP contribution in [0.2, 0.25) is 0 Å². The number of carbonyl (C=O) groups is 3. The Kier molecular flexibility index (Phi) is 2.69. The smallest absolute Gasteiger partial charge is 0.313 e. The number of rotatable bonds is 0. The predicted octanol–water partition coefficient (Wildman–Crippen LogP) is 3.02. The van der Waals surface area contributed by atoms with Crippen LogP contribution in [0, 0.1) is 34.0 Å². The minimum Gasteiger partial charge on any atom is -0.465 e. The van der Waals surface area contributed by atoms with Gasteiger partial charge in [-0.25, -0.2) is 0 Å². The van der Waals surface area contributed by atoms with Gasteiger partial charge in [0.1, 0.15) is 0 Å². The van der Waals surface area contributed by atoms with Gasteiger partial charge in [0.15, 0.2) is 11.6 Å². The zero-order valence-electron chi connectivity index (χ0n) is 14.7. The molecule has 4 heteroatoms. The van der Waals surface area contributed by atoms with Gasteiger partial charge in [-0.05, 0) is 55.1 Å². The number of esters is 1. The van der Waals surface area contributed by atoms with Crippen LogP contribution in [-0.4, -0.2) is 24.1 Å². The molecule has 0 aromatic carbocycles. The number of cyclic esters (lactones) is 1. The molecule has 4 nitrogen and oxygen atoms in total. The quantitative estimate of drug-likeness (QED) is 0.386. The van der Waals surface area contributed by atoms with E-state index in [2.05, 4.69) is 20.1 Å². The summed E-state index contributed by atoms with van der Waals surface area (Å²) < 4.78 is 5.68. The predicted molar refractivity (Wildman–Crippen MR) is 90.4 cm³/mol. The molecule has 0 aromatic rings. The Balaban J connectivity index is 1.79. The Bertz CT molecular complexity index is 779. The molecule has 6 fully saturated rings. The van der Waals surface area contributed by atoms with Gasteiger partial charge in [-0.3, -0.25) is 14.4 Å². The zero-order chi connectivity index (χ0) is 17.8. The molecule has 6 atom stereocenters. The van der Waals surface area contributed by atoms with E-state index in [4.69, 9.17) is 4.74 Å². The molecule has 5 aliphatic carbocycles. The second kappa shape index (κ2) is 4.33. The SMILES string of the molecule is C=C1C(=O)[C@@]23CC[C@@H](CC2C24CCC[C@@](C)(COC2=O)C14)C(=C)C3=O. The second-order valence-corrected chi connectivity index (χ2v) is 9.26. The zero-order valence-corrected chi connectivity index (χ0v) is 14.7. The highest BCUT2D eigenvalue weighted by molar-refractivity contribution is 6.22. The maximum atomic E-state index is 13.5. The fraction of sp³-hybridized carbons (Fsp3) is 0.667. The molecule has 25 heavy (non-hydrogen) atoms. The summed E-state index contributed by atoms with van der Waals surface area (Å²) in [7, 11) is 0. The molecule has 1 saturated heterocycles. The van der Waals surface area contributed by atoms with Gasteiger partial charge in [0.25, 0.3) is 0 Å². The average molecular weight is 340 g/mol. The van der Waals surface area contributed by atoms with Crippen molar-refractivity contribution in [2.75, 3.05) is 6.61 Å². The molecule has 1 heterocycles. The fourth-order valence-electron chi connectivity index (χ4n) is 7.37. The lowest BCUT2D eigenvalue weighted by molar-refractivity contribution is -0.221. The lowest BCUT2D eigenvalue weighted by Crippen LogP contribution is -2.72. The van der Waals surface area contributed by atoms with E-state index in [9.17, 15) is 14.4 Å². The summed E-state index contributed by atoms with van der Waals surface area (Å²) >= 11 is 0. The Hall–Kier alpha value is -1.71. The standard InChI is InChI=1S/C21H24O4/c1-11-13-5-8-21(16(11)22)14(9-13)20-7-4-6-19(3,10-25-18(20)24)15(20)12(2)17(21)23/h13-15H,1-2,4-10H2,3H3/t13-,14?,15?,19-,20?,21-/m0/s1. The normalized spacial score (nSPS) is 51.1. The van der Waals surface area contributed by atoms with Gasteiger partial charge >= 0.3 is 5.97 Å². The average Bonchev–Trinajstić information content (AvgIpc) is 2.60. The summed E-state index contributed by atoms with van der Waals surface area (Å²) in [6, 6.07) is 0. The van der Waals surface area contributed by atoms with E-state index in [1.165, 1.54) is 0 Å². The molecule has 0 radical (unpaired) electrons.